The highest BCUT2D eigenvalue weighted by Gasteiger charge is 2.48. The van der Waals surface area contributed by atoms with Gasteiger partial charge < -0.3 is 5.11 Å². The summed E-state index contributed by atoms with van der Waals surface area (Å²) < 4.78 is 0. The van der Waals surface area contributed by atoms with Crippen LogP contribution in [-0.4, -0.2) is 11.2 Å². The third-order valence-corrected chi connectivity index (χ3v) is 4.37. The summed E-state index contributed by atoms with van der Waals surface area (Å²) in [6, 6.07) is 0. The highest BCUT2D eigenvalue weighted by molar-refractivity contribution is 4.99. The predicted molar refractivity (Wildman–Crippen MR) is 49.9 cm³/mol. The Kier molecular flexibility index (Phi) is 2.16. The van der Waals surface area contributed by atoms with E-state index in [0.717, 1.165) is 12.3 Å². The summed E-state index contributed by atoms with van der Waals surface area (Å²) in [7, 11) is 0. The first-order valence-electron chi connectivity index (χ1n) is 5.47. The van der Waals surface area contributed by atoms with E-state index in [1.807, 2.05) is 0 Å². The summed E-state index contributed by atoms with van der Waals surface area (Å²) in [5, 5.41) is 9.97. The molecule has 0 aromatic carbocycles. The van der Waals surface area contributed by atoms with Crippen molar-refractivity contribution < 1.29 is 5.11 Å². The van der Waals surface area contributed by atoms with Crippen LogP contribution in [0.25, 0.3) is 0 Å². The zero-order chi connectivity index (χ0) is 8.60. The van der Waals surface area contributed by atoms with Crippen LogP contribution in [0.15, 0.2) is 0 Å². The van der Waals surface area contributed by atoms with Crippen LogP contribution in [0.3, 0.4) is 0 Å². The molecular formula is C11H20O. The molecule has 2 saturated carbocycles. The fraction of sp³-hybridized carbons (Fsp3) is 1.00. The van der Waals surface area contributed by atoms with Gasteiger partial charge in [0.15, 0.2) is 0 Å². The highest BCUT2D eigenvalue weighted by Crippen LogP contribution is 2.54. The number of hydrogen-bond acceptors (Lipinski definition) is 1. The van der Waals surface area contributed by atoms with E-state index in [9.17, 15) is 5.11 Å². The molecule has 0 saturated heterocycles. The first kappa shape index (κ1) is 8.55. The van der Waals surface area contributed by atoms with Gasteiger partial charge in [0.05, 0.1) is 6.10 Å². The van der Waals surface area contributed by atoms with Gasteiger partial charge in [0.1, 0.15) is 0 Å². The number of aliphatic hydroxyl groups excluding tert-OH is 1. The Bertz CT molecular complexity index is 164. The molecule has 0 radical (unpaired) electrons. The zero-order valence-electron chi connectivity index (χ0n) is 8.05. The maximum Gasteiger partial charge on any atom is 0.0599 e. The molecule has 2 fully saturated rings. The largest absolute Gasteiger partial charge is 0.393 e. The van der Waals surface area contributed by atoms with Crippen LogP contribution in [0.1, 0.15) is 51.9 Å². The lowest BCUT2D eigenvalue weighted by molar-refractivity contribution is -0.00475. The second kappa shape index (κ2) is 3.02. The smallest absolute Gasteiger partial charge is 0.0599 e. The molecule has 0 amide bonds. The monoisotopic (exact) mass is 168 g/mol. The van der Waals surface area contributed by atoms with Crippen molar-refractivity contribution in [3.63, 3.8) is 0 Å². The molecule has 0 spiro atoms. The van der Waals surface area contributed by atoms with Crippen LogP contribution in [0.5, 0.6) is 0 Å². The molecule has 0 aliphatic heterocycles. The van der Waals surface area contributed by atoms with Gasteiger partial charge in [0.25, 0.3) is 0 Å². The van der Waals surface area contributed by atoms with E-state index >= 15 is 0 Å². The van der Waals surface area contributed by atoms with E-state index in [2.05, 4.69) is 6.92 Å². The van der Waals surface area contributed by atoms with Gasteiger partial charge >= 0.3 is 0 Å². The molecule has 0 heterocycles. The summed E-state index contributed by atoms with van der Waals surface area (Å²) in [4.78, 5) is 0. The van der Waals surface area contributed by atoms with Crippen molar-refractivity contribution in [2.75, 3.05) is 0 Å². The van der Waals surface area contributed by atoms with Crippen molar-refractivity contribution in [1.29, 1.82) is 0 Å². The van der Waals surface area contributed by atoms with Crippen LogP contribution in [0, 0.1) is 11.3 Å². The Morgan fingerprint density at radius 1 is 1.25 bits per heavy atom. The lowest BCUT2D eigenvalue weighted by Crippen LogP contribution is -2.37. The third-order valence-electron chi connectivity index (χ3n) is 4.37. The summed E-state index contributed by atoms with van der Waals surface area (Å²) >= 11 is 0. The second-order valence-corrected chi connectivity index (χ2v) is 4.62. The number of hydrogen-bond donors (Lipinski definition) is 1. The van der Waals surface area contributed by atoms with Crippen LogP contribution in [-0.2, 0) is 0 Å². The number of rotatable bonds is 1. The second-order valence-electron chi connectivity index (χ2n) is 4.62. The number of fused-ring (bicyclic) bond motifs is 1. The van der Waals surface area contributed by atoms with Crippen LogP contribution in [0.2, 0.25) is 0 Å². The third kappa shape index (κ3) is 1.02. The van der Waals surface area contributed by atoms with E-state index in [0.29, 0.717) is 5.41 Å². The molecule has 3 unspecified atom stereocenters. The van der Waals surface area contributed by atoms with Gasteiger partial charge in [-0.1, -0.05) is 19.8 Å². The molecule has 70 valence electrons. The van der Waals surface area contributed by atoms with Gasteiger partial charge in [-0.3, -0.25) is 0 Å². The molecular weight excluding hydrogens is 148 g/mol. The van der Waals surface area contributed by atoms with Crippen molar-refractivity contribution >= 4 is 0 Å². The standard InChI is InChI=1S/C11H20O/c1-2-11-8-4-3-5-9(11)6-7-10(11)12/h9-10,12H,2-8H2,1H3. The molecule has 0 aromatic rings. The molecule has 1 heteroatoms. The lowest BCUT2D eigenvalue weighted by atomic mass is 9.66. The topological polar surface area (TPSA) is 20.2 Å². The molecule has 2 aliphatic carbocycles. The molecule has 3 atom stereocenters. The van der Waals surface area contributed by atoms with Crippen molar-refractivity contribution in [2.45, 2.75) is 58.0 Å². The summed E-state index contributed by atoms with van der Waals surface area (Å²) in [5.41, 5.74) is 0.345. The molecule has 12 heavy (non-hydrogen) atoms. The van der Waals surface area contributed by atoms with Gasteiger partial charge in [-0.25, -0.2) is 0 Å². The maximum absolute atomic E-state index is 9.97. The van der Waals surface area contributed by atoms with Crippen LogP contribution >= 0.6 is 0 Å². The Morgan fingerprint density at radius 2 is 2.08 bits per heavy atom. The maximum atomic E-state index is 9.97. The summed E-state index contributed by atoms with van der Waals surface area (Å²) in [6.45, 7) is 2.26. The highest BCUT2D eigenvalue weighted by atomic mass is 16.3. The van der Waals surface area contributed by atoms with Gasteiger partial charge in [-0.2, -0.15) is 0 Å². The average Bonchev–Trinajstić information content (AvgIpc) is 2.45. The van der Waals surface area contributed by atoms with Gasteiger partial charge in [0.2, 0.25) is 0 Å². The quantitative estimate of drug-likeness (QED) is 0.638. The molecule has 2 rings (SSSR count). The van der Waals surface area contributed by atoms with Crippen molar-refractivity contribution in [2.24, 2.45) is 11.3 Å². The molecule has 0 bridgehead atoms. The Balaban J connectivity index is 2.19. The average molecular weight is 168 g/mol. The van der Waals surface area contributed by atoms with E-state index in [-0.39, 0.29) is 6.10 Å². The molecule has 1 N–H and O–H groups in total. The summed E-state index contributed by atoms with van der Waals surface area (Å²) in [6.07, 6.45) is 8.99. The minimum atomic E-state index is 0.0211. The first-order chi connectivity index (χ1) is 5.79. The fourth-order valence-corrected chi connectivity index (χ4v) is 3.55. The lowest BCUT2D eigenvalue weighted by Gasteiger charge is -2.41. The van der Waals surface area contributed by atoms with E-state index in [4.69, 9.17) is 0 Å². The van der Waals surface area contributed by atoms with Crippen LogP contribution in [0.4, 0.5) is 0 Å². The number of aliphatic hydroxyl groups is 1. The Hall–Kier alpha value is -0.0400. The molecule has 0 aromatic heterocycles. The van der Waals surface area contributed by atoms with Crippen molar-refractivity contribution in [3.05, 3.63) is 0 Å². The SMILES string of the molecule is CCC12CCCCC1CCC2O. The first-order valence-corrected chi connectivity index (χ1v) is 5.47. The Labute approximate surface area is 75.2 Å². The molecule has 2 aliphatic rings. The zero-order valence-corrected chi connectivity index (χ0v) is 8.05. The van der Waals surface area contributed by atoms with E-state index < -0.39 is 0 Å². The van der Waals surface area contributed by atoms with Crippen molar-refractivity contribution in [3.8, 4) is 0 Å². The molecule has 1 nitrogen and oxygen atoms in total. The van der Waals surface area contributed by atoms with E-state index in [1.54, 1.807) is 0 Å². The normalized spacial score (nSPS) is 47.5. The minimum Gasteiger partial charge on any atom is -0.393 e. The van der Waals surface area contributed by atoms with Crippen molar-refractivity contribution in [1.82, 2.24) is 0 Å². The van der Waals surface area contributed by atoms with Gasteiger partial charge in [0, 0.05) is 0 Å². The van der Waals surface area contributed by atoms with E-state index in [1.165, 1.54) is 38.5 Å². The predicted octanol–water partition coefficient (Wildman–Crippen LogP) is 2.73. The van der Waals surface area contributed by atoms with Crippen LogP contribution < -0.4 is 0 Å². The van der Waals surface area contributed by atoms with Gasteiger partial charge in [-0.05, 0) is 43.4 Å². The minimum absolute atomic E-state index is 0.0211. The summed E-state index contributed by atoms with van der Waals surface area (Å²) in [5.74, 6) is 0.853. The van der Waals surface area contributed by atoms with Gasteiger partial charge in [-0.15, -0.1) is 0 Å². The fourth-order valence-electron chi connectivity index (χ4n) is 3.55. The Morgan fingerprint density at radius 3 is 2.75 bits per heavy atom.